The van der Waals surface area contributed by atoms with E-state index >= 15 is 0 Å². The van der Waals surface area contributed by atoms with Crippen molar-refractivity contribution in [3.05, 3.63) is 53.8 Å². The van der Waals surface area contributed by atoms with Gasteiger partial charge in [-0.2, -0.15) is 0 Å². The molecule has 5 heteroatoms. The van der Waals surface area contributed by atoms with E-state index in [1.54, 1.807) is 50.4 Å². The van der Waals surface area contributed by atoms with Crippen LogP contribution in [0.15, 0.2) is 42.5 Å². The first kappa shape index (κ1) is 15.8. The summed E-state index contributed by atoms with van der Waals surface area (Å²) in [6, 6.07) is 11.7. The van der Waals surface area contributed by atoms with Crippen LogP contribution in [0.25, 0.3) is 0 Å². The Hall–Kier alpha value is -2.56. The van der Waals surface area contributed by atoms with Crippen molar-refractivity contribution in [2.24, 2.45) is 0 Å². The quantitative estimate of drug-likeness (QED) is 0.887. The second-order valence-corrected chi connectivity index (χ2v) is 4.81. The summed E-state index contributed by atoms with van der Waals surface area (Å²) in [6.45, 7) is 2.00. The Morgan fingerprint density at radius 3 is 2.45 bits per heavy atom. The third-order valence-corrected chi connectivity index (χ3v) is 3.06. The Kier molecular flexibility index (Phi) is 5.36. The van der Waals surface area contributed by atoms with Gasteiger partial charge in [-0.15, -0.1) is 0 Å². The number of halogens is 1. The Labute approximate surface area is 128 Å². The summed E-state index contributed by atoms with van der Waals surface area (Å²) in [5.74, 6) is 0.649. The first-order valence-electron chi connectivity index (χ1n) is 6.91. The molecule has 0 saturated carbocycles. The lowest BCUT2D eigenvalue weighted by Gasteiger charge is -2.09. The van der Waals surface area contributed by atoms with Gasteiger partial charge < -0.3 is 14.8 Å². The number of nitrogens with one attached hydrogen (secondary N) is 1. The minimum absolute atomic E-state index is 0.138. The summed E-state index contributed by atoms with van der Waals surface area (Å²) < 4.78 is 24.1. The number of ether oxygens (including phenoxy) is 2. The lowest BCUT2D eigenvalue weighted by molar-refractivity contribution is -0.116. The number of rotatable bonds is 6. The topological polar surface area (TPSA) is 47.6 Å². The lowest BCUT2D eigenvalue weighted by Crippen LogP contribution is -2.16. The summed E-state index contributed by atoms with van der Waals surface area (Å²) in [4.78, 5) is 11.8. The molecule has 4 nitrogen and oxygen atoms in total. The number of amides is 1. The highest BCUT2D eigenvalue weighted by atomic mass is 19.1. The van der Waals surface area contributed by atoms with Gasteiger partial charge in [-0.1, -0.05) is 6.07 Å². The maximum absolute atomic E-state index is 13.6. The molecule has 0 fully saturated rings. The lowest BCUT2D eigenvalue weighted by atomic mass is 10.2. The van der Waals surface area contributed by atoms with Crippen molar-refractivity contribution in [1.29, 1.82) is 0 Å². The van der Waals surface area contributed by atoms with E-state index in [-0.39, 0.29) is 24.6 Å². The second kappa shape index (κ2) is 7.45. The highest BCUT2D eigenvalue weighted by Crippen LogP contribution is 2.18. The number of carbonyl (C=O) groups excluding carboxylic acids is 1. The molecule has 22 heavy (non-hydrogen) atoms. The fraction of sp³-hybridized carbons (Fsp3) is 0.235. The predicted molar refractivity (Wildman–Crippen MR) is 82.9 cm³/mol. The maximum atomic E-state index is 13.6. The predicted octanol–water partition coefficient (Wildman–Crippen LogP) is 3.55. The van der Waals surface area contributed by atoms with Crippen LogP contribution < -0.4 is 14.8 Å². The van der Waals surface area contributed by atoms with Crippen LogP contribution in [0.1, 0.15) is 12.0 Å². The number of anilines is 1. The van der Waals surface area contributed by atoms with Gasteiger partial charge in [-0.3, -0.25) is 4.79 Å². The van der Waals surface area contributed by atoms with Crippen molar-refractivity contribution < 1.29 is 18.7 Å². The van der Waals surface area contributed by atoms with Crippen molar-refractivity contribution in [1.82, 2.24) is 0 Å². The van der Waals surface area contributed by atoms with Gasteiger partial charge in [0.1, 0.15) is 17.3 Å². The maximum Gasteiger partial charge on any atom is 0.227 e. The number of benzene rings is 2. The van der Waals surface area contributed by atoms with Gasteiger partial charge >= 0.3 is 0 Å². The van der Waals surface area contributed by atoms with E-state index in [1.165, 1.54) is 6.07 Å². The third-order valence-electron chi connectivity index (χ3n) is 3.06. The van der Waals surface area contributed by atoms with Crippen molar-refractivity contribution in [2.75, 3.05) is 19.0 Å². The van der Waals surface area contributed by atoms with Crippen LogP contribution in [0.2, 0.25) is 0 Å². The van der Waals surface area contributed by atoms with Gasteiger partial charge in [-0.25, -0.2) is 4.39 Å². The molecule has 2 rings (SSSR count). The zero-order chi connectivity index (χ0) is 15.9. The van der Waals surface area contributed by atoms with E-state index in [4.69, 9.17) is 9.47 Å². The molecule has 1 N–H and O–H groups in total. The van der Waals surface area contributed by atoms with Crippen LogP contribution in [0.5, 0.6) is 11.5 Å². The molecular formula is C17H18FNO3. The Bertz CT molecular complexity index is 641. The SMILES string of the molecule is COc1ccc(OCCC(=O)Nc2ccc(C)cc2F)cc1. The minimum Gasteiger partial charge on any atom is -0.497 e. The number of carbonyl (C=O) groups is 1. The van der Waals surface area contributed by atoms with E-state index < -0.39 is 5.82 Å². The fourth-order valence-electron chi connectivity index (χ4n) is 1.87. The van der Waals surface area contributed by atoms with E-state index in [2.05, 4.69) is 5.32 Å². The van der Waals surface area contributed by atoms with Crippen molar-refractivity contribution >= 4 is 11.6 Å². The summed E-state index contributed by atoms with van der Waals surface area (Å²) >= 11 is 0. The van der Waals surface area contributed by atoms with E-state index in [0.29, 0.717) is 5.75 Å². The molecule has 0 heterocycles. The van der Waals surface area contributed by atoms with Gasteiger partial charge in [0.2, 0.25) is 5.91 Å². The van der Waals surface area contributed by atoms with Crippen LogP contribution in [-0.2, 0) is 4.79 Å². The van der Waals surface area contributed by atoms with Crippen molar-refractivity contribution in [3.8, 4) is 11.5 Å². The van der Waals surface area contributed by atoms with Gasteiger partial charge in [0.05, 0.1) is 25.8 Å². The van der Waals surface area contributed by atoms with Crippen molar-refractivity contribution in [2.45, 2.75) is 13.3 Å². The molecule has 0 atom stereocenters. The molecular weight excluding hydrogens is 285 g/mol. The fourth-order valence-corrected chi connectivity index (χ4v) is 1.87. The molecule has 0 aliphatic heterocycles. The average Bonchev–Trinajstić information content (AvgIpc) is 2.51. The van der Waals surface area contributed by atoms with Crippen LogP contribution >= 0.6 is 0 Å². The van der Waals surface area contributed by atoms with E-state index in [0.717, 1.165) is 11.3 Å². The Balaban J connectivity index is 1.79. The van der Waals surface area contributed by atoms with Crippen LogP contribution in [0, 0.1) is 12.7 Å². The first-order chi connectivity index (χ1) is 10.6. The molecule has 0 aliphatic carbocycles. The first-order valence-corrected chi connectivity index (χ1v) is 6.91. The highest BCUT2D eigenvalue weighted by Gasteiger charge is 2.07. The zero-order valence-electron chi connectivity index (χ0n) is 12.6. The van der Waals surface area contributed by atoms with Gasteiger partial charge in [0.25, 0.3) is 0 Å². The third kappa shape index (κ3) is 4.48. The monoisotopic (exact) mass is 303 g/mol. The summed E-state index contributed by atoms with van der Waals surface area (Å²) in [6.07, 6.45) is 0.138. The summed E-state index contributed by atoms with van der Waals surface area (Å²) in [5.41, 5.74) is 0.985. The molecule has 2 aromatic rings. The molecule has 2 aromatic carbocycles. The molecule has 0 spiro atoms. The van der Waals surface area contributed by atoms with Crippen LogP contribution in [0.3, 0.4) is 0 Å². The number of hydrogen-bond acceptors (Lipinski definition) is 3. The average molecular weight is 303 g/mol. The molecule has 0 aromatic heterocycles. The molecule has 0 radical (unpaired) electrons. The van der Waals surface area contributed by atoms with Gasteiger partial charge in [0, 0.05) is 0 Å². The van der Waals surface area contributed by atoms with Crippen LogP contribution in [-0.4, -0.2) is 19.6 Å². The van der Waals surface area contributed by atoms with Gasteiger partial charge in [0.15, 0.2) is 0 Å². The van der Waals surface area contributed by atoms with E-state index in [9.17, 15) is 9.18 Å². The largest absolute Gasteiger partial charge is 0.497 e. The Morgan fingerprint density at radius 1 is 1.14 bits per heavy atom. The van der Waals surface area contributed by atoms with Crippen LogP contribution in [0.4, 0.5) is 10.1 Å². The number of methoxy groups -OCH3 is 1. The number of hydrogen-bond donors (Lipinski definition) is 1. The number of aryl methyl sites for hydroxylation is 1. The molecule has 1 amide bonds. The summed E-state index contributed by atoms with van der Waals surface area (Å²) in [5, 5.41) is 2.53. The second-order valence-electron chi connectivity index (χ2n) is 4.81. The standard InChI is InChI=1S/C17H18FNO3/c1-12-3-8-16(15(18)11-12)19-17(20)9-10-22-14-6-4-13(21-2)5-7-14/h3-8,11H,9-10H2,1-2H3,(H,19,20). The smallest absolute Gasteiger partial charge is 0.227 e. The highest BCUT2D eigenvalue weighted by molar-refractivity contribution is 5.90. The molecule has 0 aliphatic rings. The summed E-state index contributed by atoms with van der Waals surface area (Å²) in [7, 11) is 1.59. The zero-order valence-corrected chi connectivity index (χ0v) is 12.6. The molecule has 0 bridgehead atoms. The minimum atomic E-state index is -0.440. The van der Waals surface area contributed by atoms with Crippen molar-refractivity contribution in [3.63, 3.8) is 0 Å². The normalized spacial score (nSPS) is 10.1. The molecule has 116 valence electrons. The van der Waals surface area contributed by atoms with E-state index in [1.807, 2.05) is 0 Å². The Morgan fingerprint density at radius 2 is 1.82 bits per heavy atom. The molecule has 0 unspecified atom stereocenters. The molecule has 0 saturated heterocycles. The van der Waals surface area contributed by atoms with Gasteiger partial charge in [-0.05, 0) is 48.9 Å².